The molecule has 21 rings (SSSR count). The number of furan rings is 1. The lowest BCUT2D eigenvalue weighted by atomic mass is 9.82. The third-order valence-corrected chi connectivity index (χ3v) is 23.0. The second kappa shape index (κ2) is 35.5. The molecule has 118 heavy (non-hydrogen) atoms. The summed E-state index contributed by atoms with van der Waals surface area (Å²) < 4.78 is 10.3. The van der Waals surface area contributed by atoms with Crippen LogP contribution in [0.4, 0.5) is 51.2 Å². The second-order valence-corrected chi connectivity index (χ2v) is 32.6. The van der Waals surface area contributed by atoms with E-state index in [1.165, 1.54) is 49.5 Å². The van der Waals surface area contributed by atoms with Crippen LogP contribution in [0.5, 0.6) is 0 Å². The summed E-state index contributed by atoms with van der Waals surface area (Å²) in [6, 6.07) is 134. The van der Waals surface area contributed by atoms with E-state index in [4.69, 9.17) is 4.42 Å². The Balaban J connectivity index is 0.000000106. The van der Waals surface area contributed by atoms with E-state index in [2.05, 4.69) is 447 Å². The molecule has 0 saturated heterocycles. The molecule has 0 N–H and O–H groups in total. The van der Waals surface area contributed by atoms with Gasteiger partial charge in [-0.2, -0.15) is 0 Å². The maximum atomic E-state index is 5.90. The maximum Gasteiger partial charge on any atom is 0.199 e. The molecule has 20 aromatic rings. The van der Waals surface area contributed by atoms with E-state index in [-0.39, 0.29) is 5.41 Å². The fraction of sp³-hybridized carbons (Fsp3) is 0.0291. The largest absolute Gasteiger partial charge is 0.456 e. The van der Waals surface area contributed by atoms with Crippen molar-refractivity contribution in [1.82, 2.24) is 29.9 Å². The minimum atomic E-state index is -0.0275. The van der Waals surface area contributed by atoms with Gasteiger partial charge in [0, 0.05) is 109 Å². The Morgan fingerprint density at radius 3 is 1.37 bits per heavy atom. The van der Waals surface area contributed by atoms with Gasteiger partial charge in [-0.1, -0.05) is 256 Å². The predicted molar refractivity (Wildman–Crippen MR) is 507 cm³/mol. The molecule has 15 heteroatoms. The molecule has 0 amide bonds. The van der Waals surface area contributed by atoms with Crippen molar-refractivity contribution in [3.8, 4) is 33.6 Å². The van der Waals surface area contributed by atoms with E-state index in [1.54, 1.807) is 12.4 Å². The van der Waals surface area contributed by atoms with Crippen molar-refractivity contribution in [1.29, 1.82) is 0 Å². The van der Waals surface area contributed by atoms with Gasteiger partial charge in [0.15, 0.2) is 15.1 Å². The predicted octanol–water partition coefficient (Wildman–Crippen LogP) is 31.2. The number of halogens is 5. The monoisotopic (exact) mass is 1850 g/mol. The maximum absolute atomic E-state index is 5.90. The molecule has 1 aliphatic carbocycles. The Bertz CT molecular complexity index is 6880. The first-order valence-corrected chi connectivity index (χ1v) is 42.4. The summed E-state index contributed by atoms with van der Waals surface area (Å²) in [5.74, 6) is 0. The molecule has 0 fully saturated rings. The van der Waals surface area contributed by atoms with Gasteiger partial charge in [0.25, 0.3) is 0 Å². The summed E-state index contributed by atoms with van der Waals surface area (Å²) >= 11 is 17.4. The normalized spacial score (nSPS) is 11.6. The van der Waals surface area contributed by atoms with Crippen molar-refractivity contribution in [3.63, 3.8) is 0 Å². The molecular formula is C103H72Br5N9O. The number of benzene rings is 15. The number of rotatable bonds is 11. The van der Waals surface area contributed by atoms with Crippen LogP contribution in [0.2, 0.25) is 0 Å². The van der Waals surface area contributed by atoms with Gasteiger partial charge in [0.1, 0.15) is 22.4 Å². The van der Waals surface area contributed by atoms with Crippen molar-refractivity contribution < 1.29 is 4.42 Å². The van der Waals surface area contributed by atoms with E-state index in [0.717, 1.165) is 120 Å². The highest BCUT2D eigenvalue weighted by Gasteiger charge is 2.35. The Morgan fingerprint density at radius 1 is 0.280 bits per heavy atom. The van der Waals surface area contributed by atoms with Gasteiger partial charge in [-0.15, -0.1) is 0 Å². The fourth-order valence-electron chi connectivity index (χ4n) is 15.1. The van der Waals surface area contributed by atoms with E-state index in [1.807, 2.05) is 78.9 Å². The van der Waals surface area contributed by atoms with Crippen LogP contribution in [-0.4, -0.2) is 29.9 Å². The lowest BCUT2D eigenvalue weighted by molar-refractivity contribution is 0.660. The number of anilines is 9. The second-order valence-electron chi connectivity index (χ2n) is 28.5. The lowest BCUT2D eigenvalue weighted by Crippen LogP contribution is -2.14. The fourth-order valence-corrected chi connectivity index (χ4v) is 16.6. The van der Waals surface area contributed by atoms with Crippen LogP contribution < -0.4 is 14.7 Å². The van der Waals surface area contributed by atoms with E-state index >= 15 is 0 Å². The van der Waals surface area contributed by atoms with Crippen molar-refractivity contribution >= 4 is 196 Å². The van der Waals surface area contributed by atoms with Crippen molar-refractivity contribution in [2.75, 3.05) is 14.7 Å². The van der Waals surface area contributed by atoms with Gasteiger partial charge < -0.3 is 19.1 Å². The van der Waals surface area contributed by atoms with Crippen LogP contribution in [0.1, 0.15) is 25.0 Å². The minimum Gasteiger partial charge on any atom is -0.456 e. The van der Waals surface area contributed by atoms with Crippen molar-refractivity contribution in [3.05, 3.63) is 435 Å². The molecule has 1 aliphatic rings. The van der Waals surface area contributed by atoms with Crippen LogP contribution >= 0.6 is 79.6 Å². The van der Waals surface area contributed by atoms with Gasteiger partial charge in [-0.3, -0.25) is 4.98 Å². The number of aromatic nitrogens is 6. The van der Waals surface area contributed by atoms with Crippen molar-refractivity contribution in [2.24, 2.45) is 0 Å². The zero-order valence-electron chi connectivity index (χ0n) is 63.9. The molecule has 5 aromatic heterocycles. The molecule has 0 unspecified atom stereocenters. The van der Waals surface area contributed by atoms with Crippen LogP contribution in [0.3, 0.4) is 0 Å². The highest BCUT2D eigenvalue weighted by Crippen LogP contribution is 2.50. The van der Waals surface area contributed by atoms with Gasteiger partial charge in [-0.25, -0.2) is 24.9 Å². The molecule has 0 aliphatic heterocycles. The lowest BCUT2D eigenvalue weighted by Gasteiger charge is -2.26. The molecule has 15 aromatic carbocycles. The van der Waals surface area contributed by atoms with E-state index in [0.29, 0.717) is 15.1 Å². The van der Waals surface area contributed by atoms with Gasteiger partial charge in [0.05, 0.1) is 16.9 Å². The van der Waals surface area contributed by atoms with E-state index < -0.39 is 0 Å². The van der Waals surface area contributed by atoms with Gasteiger partial charge in [0.2, 0.25) is 0 Å². The first-order valence-electron chi connectivity index (χ1n) is 38.4. The van der Waals surface area contributed by atoms with Crippen molar-refractivity contribution in [2.45, 2.75) is 19.3 Å². The SMILES string of the molecule is Brc1ccc(N(c2ccccc2)c2ccc3ccccc3c2)cc1.Brc1ccc(N(c2ccccc2)c2cccc3ccccc23)cc1.Brc1ccc(N(c2ccccc2)c2ccccc2)cc1.Brc1nc(-c2ccc3oc4ccccc4c3c2)c2ncccc2n1.CC1(C)c2ccccc2-c2ccc(-c3nc(Br)nc4ncccc34)cc21. The number of hydrogen-bond acceptors (Lipinski definition) is 10. The molecule has 0 bridgehead atoms. The third-order valence-electron chi connectivity index (χ3n) is 20.7. The average molecular weight is 1850 g/mol. The summed E-state index contributed by atoms with van der Waals surface area (Å²) in [5.41, 5.74) is 23.5. The van der Waals surface area contributed by atoms with E-state index in [9.17, 15) is 0 Å². The minimum absolute atomic E-state index is 0.0275. The summed E-state index contributed by atoms with van der Waals surface area (Å²) in [5, 5.41) is 8.11. The average Bonchev–Trinajstić information content (AvgIpc) is 1.57. The molecule has 0 saturated carbocycles. The standard InChI is InChI=1S/C22H16BrN3.2C22H16BrN.C19H10BrN3O.C18H14BrN/c1-22(2)17-8-4-3-6-14(17)15-10-9-13(12-18(15)22)19-16-7-5-11-24-20(16)26-21(23)25-19;23-18-13-15-20(16-14-18)24(19-9-2-1-3-10-19)22-12-6-8-17-7-4-5-11-21(17)22;23-19-11-14-21(15-12-19)24(20-8-2-1-3-9-20)22-13-10-17-6-4-5-7-18(17)16-22;20-19-22-14-5-3-9-21-18(14)17(23-19)11-7-8-16-13(10-11)12-4-1-2-6-15(12)24-16;19-15-11-13-18(14-12-15)20(16-7-3-1-4-8-16)17-9-5-2-6-10-17/h3-12H,1-2H3;2*1-16H;1-10H;1-14H. The Morgan fingerprint density at radius 2 is 0.729 bits per heavy atom. The molecule has 5 heterocycles. The number of pyridine rings is 2. The third kappa shape index (κ3) is 17.0. The number of para-hydroxylation sites is 5. The Kier molecular flexibility index (Phi) is 23.4. The molecule has 0 spiro atoms. The Labute approximate surface area is 726 Å². The Hall–Kier alpha value is -12.6. The van der Waals surface area contributed by atoms with Crippen LogP contribution in [0.25, 0.3) is 99.2 Å². The highest BCUT2D eigenvalue weighted by molar-refractivity contribution is 9.11. The molecular weight excluding hydrogens is 1780 g/mol. The summed E-state index contributed by atoms with van der Waals surface area (Å²) in [4.78, 5) is 33.7. The molecule has 0 radical (unpaired) electrons. The molecule has 570 valence electrons. The van der Waals surface area contributed by atoms with Gasteiger partial charge in [-0.05, 0) is 264 Å². The number of nitrogens with zero attached hydrogens (tertiary/aromatic N) is 9. The zero-order valence-corrected chi connectivity index (χ0v) is 71.9. The molecule has 0 atom stereocenters. The smallest absolute Gasteiger partial charge is 0.199 e. The number of hydrogen-bond donors (Lipinski definition) is 0. The van der Waals surface area contributed by atoms with Crippen LogP contribution in [-0.2, 0) is 5.41 Å². The topological polar surface area (TPSA) is 100 Å². The summed E-state index contributed by atoms with van der Waals surface area (Å²) in [7, 11) is 0. The van der Waals surface area contributed by atoms with Gasteiger partial charge >= 0.3 is 0 Å². The quantitative estimate of drug-likeness (QED) is 0.116. The highest BCUT2D eigenvalue weighted by atomic mass is 79.9. The first-order chi connectivity index (χ1) is 57.8. The molecule has 10 nitrogen and oxygen atoms in total. The summed E-state index contributed by atoms with van der Waals surface area (Å²) in [6.07, 6.45) is 3.52. The zero-order chi connectivity index (χ0) is 80.5. The number of fused-ring (bicyclic) bond motifs is 10. The first kappa shape index (κ1) is 77.9. The summed E-state index contributed by atoms with van der Waals surface area (Å²) in [6.45, 7) is 4.58. The van der Waals surface area contributed by atoms with Crippen LogP contribution in [0.15, 0.2) is 428 Å². The van der Waals surface area contributed by atoms with Crippen LogP contribution in [0, 0.1) is 0 Å².